The molecular formula is C13H13N3O. The Hall–Kier alpha value is -2.41. The van der Waals surface area contributed by atoms with Crippen molar-refractivity contribution in [3.63, 3.8) is 0 Å². The van der Waals surface area contributed by atoms with Gasteiger partial charge in [-0.25, -0.2) is 0 Å². The number of benzene rings is 1. The highest BCUT2D eigenvalue weighted by atomic mass is 16.1. The predicted molar refractivity (Wildman–Crippen MR) is 68.5 cm³/mol. The number of anilines is 1. The van der Waals surface area contributed by atoms with Crippen LogP contribution in [0.25, 0.3) is 10.9 Å². The lowest BCUT2D eigenvalue weighted by Crippen LogP contribution is -2.23. The Morgan fingerprint density at radius 1 is 1.53 bits per heavy atom. The number of nitrogen functional groups attached to an aromatic ring is 1. The van der Waals surface area contributed by atoms with E-state index in [0.29, 0.717) is 17.8 Å². The second kappa shape index (κ2) is 4.62. The summed E-state index contributed by atoms with van der Waals surface area (Å²) in [4.78, 5) is 14.9. The molecule has 0 atom stereocenters. The first-order valence-corrected chi connectivity index (χ1v) is 5.27. The number of aromatic nitrogens is 1. The van der Waals surface area contributed by atoms with Crippen molar-refractivity contribution in [2.75, 3.05) is 12.3 Å². The van der Waals surface area contributed by atoms with Crippen LogP contribution < -0.4 is 11.1 Å². The summed E-state index contributed by atoms with van der Waals surface area (Å²) in [6, 6.07) is 5.43. The molecule has 0 spiro atoms. The van der Waals surface area contributed by atoms with E-state index >= 15 is 0 Å². The highest BCUT2D eigenvalue weighted by Gasteiger charge is 2.10. The molecule has 2 aromatic rings. The van der Waals surface area contributed by atoms with E-state index in [0.717, 1.165) is 10.9 Å². The number of rotatable bonds is 2. The van der Waals surface area contributed by atoms with E-state index in [1.165, 1.54) is 0 Å². The number of carbonyl (C=O) groups excluding carboxylic acids is 1. The fraction of sp³-hybridized carbons (Fsp3) is 0.154. The summed E-state index contributed by atoms with van der Waals surface area (Å²) >= 11 is 0. The number of fused-ring (bicyclic) bond motifs is 1. The molecule has 0 unspecified atom stereocenters. The number of nitrogens with two attached hydrogens (primary N) is 1. The zero-order valence-electron chi connectivity index (χ0n) is 9.50. The minimum atomic E-state index is -0.149. The van der Waals surface area contributed by atoms with Crippen LogP contribution in [0.15, 0.2) is 24.4 Å². The Morgan fingerprint density at radius 2 is 2.35 bits per heavy atom. The van der Waals surface area contributed by atoms with E-state index < -0.39 is 0 Å². The third-order valence-corrected chi connectivity index (χ3v) is 2.46. The van der Waals surface area contributed by atoms with E-state index in [9.17, 15) is 4.79 Å². The van der Waals surface area contributed by atoms with Crippen molar-refractivity contribution in [3.8, 4) is 11.8 Å². The molecule has 0 aliphatic heterocycles. The van der Waals surface area contributed by atoms with Gasteiger partial charge in [0.05, 0.1) is 12.1 Å². The monoisotopic (exact) mass is 227 g/mol. The number of hydrogen-bond acceptors (Lipinski definition) is 2. The zero-order valence-corrected chi connectivity index (χ0v) is 9.50. The summed E-state index contributed by atoms with van der Waals surface area (Å²) in [7, 11) is 0. The fourth-order valence-corrected chi connectivity index (χ4v) is 1.63. The molecule has 1 aromatic carbocycles. The standard InChI is InChI=1S/C13H13N3O/c1-2-3-6-15-13(17)11-8-16-12-5-4-9(14)7-10(11)12/h4-5,7-8,16H,6,14H2,1H3,(H,15,17). The normalized spacial score (nSPS) is 9.71. The summed E-state index contributed by atoms with van der Waals surface area (Å²) in [6.07, 6.45) is 1.68. The smallest absolute Gasteiger partial charge is 0.254 e. The van der Waals surface area contributed by atoms with Gasteiger partial charge in [-0.2, -0.15) is 0 Å². The number of carbonyl (C=O) groups is 1. The molecule has 0 bridgehead atoms. The van der Waals surface area contributed by atoms with Gasteiger partial charge < -0.3 is 16.0 Å². The van der Waals surface area contributed by atoms with Crippen LogP contribution in [0.3, 0.4) is 0 Å². The maximum atomic E-state index is 11.9. The highest BCUT2D eigenvalue weighted by molar-refractivity contribution is 6.07. The van der Waals surface area contributed by atoms with Crippen molar-refractivity contribution in [2.45, 2.75) is 6.92 Å². The van der Waals surface area contributed by atoms with Crippen molar-refractivity contribution in [2.24, 2.45) is 0 Å². The average Bonchev–Trinajstić information content (AvgIpc) is 2.72. The summed E-state index contributed by atoms with van der Waals surface area (Å²) in [5.41, 5.74) is 7.83. The Labute approximate surface area is 99.2 Å². The second-order valence-electron chi connectivity index (χ2n) is 3.62. The van der Waals surface area contributed by atoms with Crippen LogP contribution in [0.5, 0.6) is 0 Å². The number of amides is 1. The molecule has 0 aliphatic carbocycles. The van der Waals surface area contributed by atoms with Gasteiger partial charge in [-0.1, -0.05) is 5.92 Å². The first-order valence-electron chi connectivity index (χ1n) is 5.27. The molecule has 0 radical (unpaired) electrons. The summed E-state index contributed by atoms with van der Waals surface area (Å²) in [5, 5.41) is 3.55. The molecule has 86 valence electrons. The van der Waals surface area contributed by atoms with Gasteiger partial charge in [-0.05, 0) is 25.1 Å². The lowest BCUT2D eigenvalue weighted by Gasteiger charge is -2.00. The van der Waals surface area contributed by atoms with Gasteiger partial charge >= 0.3 is 0 Å². The topological polar surface area (TPSA) is 70.9 Å². The van der Waals surface area contributed by atoms with Gasteiger partial charge in [0, 0.05) is 22.8 Å². The second-order valence-corrected chi connectivity index (χ2v) is 3.62. The van der Waals surface area contributed by atoms with E-state index in [4.69, 9.17) is 5.73 Å². The van der Waals surface area contributed by atoms with Gasteiger partial charge in [-0.15, -0.1) is 5.92 Å². The van der Waals surface area contributed by atoms with E-state index in [2.05, 4.69) is 22.1 Å². The first-order chi connectivity index (χ1) is 8.22. The summed E-state index contributed by atoms with van der Waals surface area (Å²) in [6.45, 7) is 2.09. The molecule has 17 heavy (non-hydrogen) atoms. The summed E-state index contributed by atoms with van der Waals surface area (Å²) < 4.78 is 0. The van der Waals surface area contributed by atoms with Crippen LogP contribution >= 0.6 is 0 Å². The molecule has 1 aromatic heterocycles. The van der Waals surface area contributed by atoms with Crippen molar-refractivity contribution in [1.29, 1.82) is 0 Å². The zero-order chi connectivity index (χ0) is 12.3. The van der Waals surface area contributed by atoms with E-state index in [-0.39, 0.29) is 5.91 Å². The third-order valence-electron chi connectivity index (χ3n) is 2.46. The molecule has 4 nitrogen and oxygen atoms in total. The summed E-state index contributed by atoms with van der Waals surface area (Å²) in [5.74, 6) is 5.36. The minimum absolute atomic E-state index is 0.149. The molecule has 1 amide bonds. The average molecular weight is 227 g/mol. The van der Waals surface area contributed by atoms with Crippen LogP contribution in [0.1, 0.15) is 17.3 Å². The van der Waals surface area contributed by atoms with E-state index in [1.54, 1.807) is 25.3 Å². The Morgan fingerprint density at radius 3 is 3.12 bits per heavy atom. The number of aromatic amines is 1. The lowest BCUT2D eigenvalue weighted by atomic mass is 10.1. The number of nitrogens with one attached hydrogen (secondary N) is 2. The SMILES string of the molecule is CC#CCNC(=O)c1c[nH]c2ccc(N)cc12. The third kappa shape index (κ3) is 2.23. The Bertz CT molecular complexity index is 616. The molecule has 4 heteroatoms. The fourth-order valence-electron chi connectivity index (χ4n) is 1.63. The van der Waals surface area contributed by atoms with Gasteiger partial charge in [0.2, 0.25) is 0 Å². The van der Waals surface area contributed by atoms with Crippen molar-refractivity contribution in [1.82, 2.24) is 10.3 Å². The largest absolute Gasteiger partial charge is 0.399 e. The van der Waals surface area contributed by atoms with Crippen LogP contribution in [0, 0.1) is 11.8 Å². The molecule has 1 heterocycles. The molecule has 4 N–H and O–H groups in total. The molecule has 0 saturated heterocycles. The first kappa shape index (κ1) is 11.1. The highest BCUT2D eigenvalue weighted by Crippen LogP contribution is 2.20. The molecule has 0 saturated carbocycles. The quantitative estimate of drug-likeness (QED) is 0.537. The number of hydrogen-bond donors (Lipinski definition) is 3. The Kier molecular flexibility index (Phi) is 3.01. The predicted octanol–water partition coefficient (Wildman–Crippen LogP) is 1.50. The van der Waals surface area contributed by atoms with Gasteiger partial charge in [-0.3, -0.25) is 4.79 Å². The molecule has 0 fully saturated rings. The lowest BCUT2D eigenvalue weighted by molar-refractivity contribution is 0.0960. The molecule has 0 aliphatic rings. The van der Waals surface area contributed by atoms with Crippen molar-refractivity contribution in [3.05, 3.63) is 30.0 Å². The van der Waals surface area contributed by atoms with Gasteiger partial charge in [0.15, 0.2) is 0 Å². The Balaban J connectivity index is 2.31. The van der Waals surface area contributed by atoms with Gasteiger partial charge in [0.25, 0.3) is 5.91 Å². The maximum Gasteiger partial charge on any atom is 0.254 e. The van der Waals surface area contributed by atoms with Crippen molar-refractivity contribution >= 4 is 22.5 Å². The minimum Gasteiger partial charge on any atom is -0.399 e. The van der Waals surface area contributed by atoms with Gasteiger partial charge in [0.1, 0.15) is 0 Å². The van der Waals surface area contributed by atoms with Crippen LogP contribution in [0.4, 0.5) is 5.69 Å². The van der Waals surface area contributed by atoms with Crippen molar-refractivity contribution < 1.29 is 4.79 Å². The molecular weight excluding hydrogens is 214 g/mol. The van der Waals surface area contributed by atoms with Crippen LogP contribution in [-0.4, -0.2) is 17.4 Å². The van der Waals surface area contributed by atoms with Crippen LogP contribution in [0.2, 0.25) is 0 Å². The number of H-pyrrole nitrogens is 1. The van der Waals surface area contributed by atoms with E-state index in [1.807, 2.05) is 6.07 Å². The van der Waals surface area contributed by atoms with Crippen LogP contribution in [-0.2, 0) is 0 Å². The maximum absolute atomic E-state index is 11.9. The molecule has 2 rings (SSSR count).